The van der Waals surface area contributed by atoms with E-state index in [1.165, 1.54) is 0 Å². The van der Waals surface area contributed by atoms with E-state index in [4.69, 9.17) is 23.2 Å². The van der Waals surface area contributed by atoms with E-state index in [2.05, 4.69) is 15.3 Å². The van der Waals surface area contributed by atoms with Crippen LogP contribution in [-0.2, 0) is 11.2 Å². The summed E-state index contributed by atoms with van der Waals surface area (Å²) in [6.45, 7) is 0. The Kier molecular flexibility index (Phi) is 5.21. The molecular weight excluding hydrogens is 445 g/mol. The molecule has 5 rings (SSSR count). The Morgan fingerprint density at radius 3 is 2.56 bits per heavy atom. The van der Waals surface area contributed by atoms with Gasteiger partial charge in [-0.3, -0.25) is 9.59 Å². The molecule has 3 N–H and O–H groups in total. The number of benzene rings is 3. The summed E-state index contributed by atoms with van der Waals surface area (Å²) in [7, 11) is 0. The van der Waals surface area contributed by atoms with Gasteiger partial charge in [-0.1, -0.05) is 53.5 Å². The first-order valence-electron chi connectivity index (χ1n) is 9.95. The van der Waals surface area contributed by atoms with Crippen molar-refractivity contribution in [3.05, 3.63) is 98.9 Å². The summed E-state index contributed by atoms with van der Waals surface area (Å²) in [5, 5.41) is 5.57. The van der Waals surface area contributed by atoms with Gasteiger partial charge in [0.1, 0.15) is 0 Å². The Labute approximate surface area is 193 Å². The van der Waals surface area contributed by atoms with E-state index >= 15 is 0 Å². The van der Waals surface area contributed by atoms with Crippen LogP contribution in [0.3, 0.4) is 0 Å². The van der Waals surface area contributed by atoms with Gasteiger partial charge in [-0.2, -0.15) is 0 Å². The number of hydrogen-bond acceptors (Lipinski definition) is 2. The van der Waals surface area contributed by atoms with Crippen LogP contribution in [0.25, 0.3) is 32.9 Å². The van der Waals surface area contributed by atoms with Crippen LogP contribution in [0.4, 0.5) is 5.69 Å². The Bertz CT molecular complexity index is 1550. The van der Waals surface area contributed by atoms with Crippen LogP contribution in [-0.4, -0.2) is 15.9 Å². The summed E-state index contributed by atoms with van der Waals surface area (Å²) in [6.07, 6.45) is 2.00. The highest BCUT2D eigenvalue weighted by molar-refractivity contribution is 6.42. The minimum absolute atomic E-state index is 0.158. The molecule has 0 aliphatic rings. The maximum Gasteiger partial charge on any atom is 0.256 e. The molecule has 2 aromatic heterocycles. The van der Waals surface area contributed by atoms with E-state index in [1.54, 1.807) is 24.3 Å². The maximum atomic E-state index is 12.8. The van der Waals surface area contributed by atoms with Gasteiger partial charge in [0.05, 0.1) is 22.0 Å². The Hall–Kier alpha value is -3.54. The molecule has 0 radical (unpaired) electrons. The number of amides is 1. The molecule has 158 valence electrons. The molecular formula is C25H17Cl2N3O2. The molecule has 0 atom stereocenters. The highest BCUT2D eigenvalue weighted by Crippen LogP contribution is 2.28. The number of halogens is 2. The Balaban J connectivity index is 1.42. The lowest BCUT2D eigenvalue weighted by molar-refractivity contribution is -0.115. The molecule has 0 saturated heterocycles. The second-order valence-corrected chi connectivity index (χ2v) is 8.35. The number of pyridine rings is 1. The van der Waals surface area contributed by atoms with Gasteiger partial charge in [-0.15, -0.1) is 0 Å². The fourth-order valence-electron chi connectivity index (χ4n) is 3.81. The molecule has 5 nitrogen and oxygen atoms in total. The zero-order valence-electron chi connectivity index (χ0n) is 16.7. The van der Waals surface area contributed by atoms with Crippen molar-refractivity contribution in [1.82, 2.24) is 9.97 Å². The van der Waals surface area contributed by atoms with Crippen LogP contribution in [0.2, 0.25) is 10.0 Å². The minimum atomic E-state index is -0.194. The summed E-state index contributed by atoms with van der Waals surface area (Å²) in [6, 6.07) is 20.3. The molecule has 0 saturated carbocycles. The molecule has 5 aromatic rings. The number of aromatic nitrogens is 2. The highest BCUT2D eigenvalue weighted by atomic mass is 35.5. The zero-order chi connectivity index (χ0) is 22.2. The number of anilines is 1. The topological polar surface area (TPSA) is 77.8 Å². The van der Waals surface area contributed by atoms with Crippen molar-refractivity contribution in [2.75, 3.05) is 5.32 Å². The predicted octanol–water partition coefficient (Wildman–Crippen LogP) is 6.16. The van der Waals surface area contributed by atoms with Crippen LogP contribution in [0.5, 0.6) is 0 Å². The maximum absolute atomic E-state index is 12.8. The van der Waals surface area contributed by atoms with Gasteiger partial charge in [0.15, 0.2) is 0 Å². The summed E-state index contributed by atoms with van der Waals surface area (Å²) in [5.41, 5.74) is 4.22. The first kappa shape index (κ1) is 20.4. The SMILES string of the molecule is O=C(Cc1ccc(Cl)c(Cl)c1)Nc1ccc2cc(-c3c[nH]c4ccccc34)c(=O)[nH]c2c1. The number of para-hydroxylation sites is 1. The van der Waals surface area contributed by atoms with Crippen molar-refractivity contribution in [3.63, 3.8) is 0 Å². The van der Waals surface area contributed by atoms with E-state index in [0.29, 0.717) is 26.8 Å². The van der Waals surface area contributed by atoms with E-state index in [1.807, 2.05) is 48.7 Å². The van der Waals surface area contributed by atoms with Gasteiger partial charge < -0.3 is 15.3 Å². The van der Waals surface area contributed by atoms with Gasteiger partial charge in [0.2, 0.25) is 5.91 Å². The standard InChI is InChI=1S/C25H17Cl2N3O2/c26-20-8-5-14(9-21(20)27)10-24(31)29-16-7-6-15-11-18(25(32)30-23(15)12-16)19-13-28-22-4-2-1-3-17(19)22/h1-9,11-13,28H,10H2,(H,29,31)(H,30,32). The Morgan fingerprint density at radius 1 is 0.875 bits per heavy atom. The molecule has 32 heavy (non-hydrogen) atoms. The number of carbonyl (C=O) groups is 1. The van der Waals surface area contributed by atoms with Crippen molar-refractivity contribution in [1.29, 1.82) is 0 Å². The molecule has 0 aliphatic carbocycles. The lowest BCUT2D eigenvalue weighted by Crippen LogP contribution is -2.14. The third-order valence-corrected chi connectivity index (χ3v) is 6.10. The fourth-order valence-corrected chi connectivity index (χ4v) is 4.13. The van der Waals surface area contributed by atoms with Gasteiger partial charge in [-0.25, -0.2) is 0 Å². The largest absolute Gasteiger partial charge is 0.361 e. The first-order valence-corrected chi connectivity index (χ1v) is 10.7. The summed E-state index contributed by atoms with van der Waals surface area (Å²) < 4.78 is 0. The average Bonchev–Trinajstić information content (AvgIpc) is 3.20. The number of nitrogens with one attached hydrogen (secondary N) is 3. The molecule has 7 heteroatoms. The van der Waals surface area contributed by atoms with Gasteiger partial charge >= 0.3 is 0 Å². The third-order valence-electron chi connectivity index (χ3n) is 5.36. The van der Waals surface area contributed by atoms with E-state index < -0.39 is 0 Å². The average molecular weight is 462 g/mol. The lowest BCUT2D eigenvalue weighted by Gasteiger charge is -2.08. The summed E-state index contributed by atoms with van der Waals surface area (Å²) in [5.74, 6) is -0.194. The number of carbonyl (C=O) groups excluding carboxylic acids is 1. The number of hydrogen-bond donors (Lipinski definition) is 3. The molecule has 2 heterocycles. The highest BCUT2D eigenvalue weighted by Gasteiger charge is 2.12. The molecule has 0 fully saturated rings. The fraction of sp³-hybridized carbons (Fsp3) is 0.0400. The monoisotopic (exact) mass is 461 g/mol. The minimum Gasteiger partial charge on any atom is -0.361 e. The zero-order valence-corrected chi connectivity index (χ0v) is 18.2. The predicted molar refractivity (Wildman–Crippen MR) is 131 cm³/mol. The number of rotatable bonds is 4. The summed E-state index contributed by atoms with van der Waals surface area (Å²) >= 11 is 11.9. The van der Waals surface area contributed by atoms with E-state index in [-0.39, 0.29) is 17.9 Å². The van der Waals surface area contributed by atoms with Crippen molar-refractivity contribution in [2.45, 2.75) is 6.42 Å². The number of fused-ring (bicyclic) bond motifs is 2. The molecule has 0 unspecified atom stereocenters. The second kappa shape index (κ2) is 8.19. The lowest BCUT2D eigenvalue weighted by atomic mass is 10.0. The number of H-pyrrole nitrogens is 2. The Morgan fingerprint density at radius 2 is 1.72 bits per heavy atom. The van der Waals surface area contributed by atoms with Crippen molar-refractivity contribution in [3.8, 4) is 11.1 Å². The smallest absolute Gasteiger partial charge is 0.256 e. The van der Waals surface area contributed by atoms with Crippen LogP contribution >= 0.6 is 23.2 Å². The molecule has 1 amide bonds. The molecule has 0 spiro atoms. The summed E-state index contributed by atoms with van der Waals surface area (Å²) in [4.78, 5) is 31.4. The van der Waals surface area contributed by atoms with Crippen molar-refractivity contribution in [2.24, 2.45) is 0 Å². The van der Waals surface area contributed by atoms with Crippen LogP contribution in [0.1, 0.15) is 5.56 Å². The van der Waals surface area contributed by atoms with Crippen molar-refractivity contribution >= 4 is 56.6 Å². The van der Waals surface area contributed by atoms with Gasteiger partial charge in [-0.05, 0) is 47.3 Å². The molecule has 0 aliphatic heterocycles. The number of aromatic amines is 2. The van der Waals surface area contributed by atoms with Crippen molar-refractivity contribution < 1.29 is 4.79 Å². The van der Waals surface area contributed by atoms with E-state index in [9.17, 15) is 9.59 Å². The van der Waals surface area contributed by atoms with Crippen LogP contribution in [0, 0.1) is 0 Å². The van der Waals surface area contributed by atoms with Gasteiger partial charge in [0.25, 0.3) is 5.56 Å². The quantitative estimate of drug-likeness (QED) is 0.299. The van der Waals surface area contributed by atoms with E-state index in [0.717, 1.165) is 27.4 Å². The van der Waals surface area contributed by atoms with Crippen LogP contribution < -0.4 is 10.9 Å². The second-order valence-electron chi connectivity index (χ2n) is 7.54. The third kappa shape index (κ3) is 3.88. The normalized spacial score (nSPS) is 11.2. The first-order chi connectivity index (χ1) is 15.5. The molecule has 0 bridgehead atoms. The molecule has 3 aromatic carbocycles. The van der Waals surface area contributed by atoms with Gasteiger partial charge in [0, 0.05) is 33.9 Å². The van der Waals surface area contributed by atoms with Crippen LogP contribution in [0.15, 0.2) is 77.7 Å².